The Morgan fingerprint density at radius 3 is 2.81 bits per heavy atom. The van der Waals surface area contributed by atoms with Gasteiger partial charge in [-0.05, 0) is 18.2 Å². The molecule has 1 aromatic carbocycles. The highest BCUT2D eigenvalue weighted by molar-refractivity contribution is 7.16. The Morgan fingerprint density at radius 1 is 1.30 bits per heavy atom. The second-order valence-electron chi connectivity index (χ2n) is 5.73. The molecular formula is C17H17N5O4S. The summed E-state index contributed by atoms with van der Waals surface area (Å²) in [5, 5.41) is 14.7. The fraction of sp³-hybridized carbons (Fsp3) is 0.176. The molecule has 3 rings (SSSR count). The third kappa shape index (κ3) is 4.13. The van der Waals surface area contributed by atoms with Crippen molar-refractivity contribution in [2.45, 2.75) is 6.04 Å². The fourth-order valence-corrected chi connectivity index (χ4v) is 3.18. The number of para-hydroxylation sites is 1. The number of primary amides is 1. The van der Waals surface area contributed by atoms with Gasteiger partial charge in [-0.2, -0.15) is 0 Å². The first-order valence-electron chi connectivity index (χ1n) is 8.00. The lowest BCUT2D eigenvalue weighted by atomic mass is 10.1. The normalized spacial score (nSPS) is 11.9. The second kappa shape index (κ2) is 7.98. The first kappa shape index (κ1) is 18.5. The van der Waals surface area contributed by atoms with Crippen molar-refractivity contribution < 1.29 is 19.5 Å². The number of aliphatic hydroxyl groups is 1. The van der Waals surface area contributed by atoms with Crippen LogP contribution in [-0.2, 0) is 0 Å². The van der Waals surface area contributed by atoms with E-state index in [4.69, 9.17) is 5.73 Å². The molecule has 140 valence electrons. The molecule has 2 heterocycles. The number of nitrogens with two attached hydrogens (primary N) is 1. The van der Waals surface area contributed by atoms with Gasteiger partial charge in [0, 0.05) is 12.7 Å². The van der Waals surface area contributed by atoms with Crippen LogP contribution in [0, 0.1) is 0 Å². The molecule has 2 aromatic heterocycles. The van der Waals surface area contributed by atoms with Gasteiger partial charge in [-0.1, -0.05) is 6.07 Å². The number of thiazole rings is 1. The van der Waals surface area contributed by atoms with Gasteiger partial charge in [0.05, 0.1) is 39.5 Å². The molecule has 6 N–H and O–H groups in total. The monoisotopic (exact) mass is 387 g/mol. The average molecular weight is 387 g/mol. The van der Waals surface area contributed by atoms with Gasteiger partial charge in [-0.15, -0.1) is 11.3 Å². The Morgan fingerprint density at radius 2 is 2.11 bits per heavy atom. The van der Waals surface area contributed by atoms with Crippen LogP contribution in [0.25, 0.3) is 10.2 Å². The predicted octanol–water partition coefficient (Wildman–Crippen LogP) is 0.244. The maximum Gasteiger partial charge on any atom is 0.265 e. The van der Waals surface area contributed by atoms with Crippen molar-refractivity contribution >= 4 is 39.3 Å². The van der Waals surface area contributed by atoms with E-state index in [2.05, 4.69) is 20.6 Å². The Balaban J connectivity index is 1.61. The number of carbonyl (C=O) groups is 3. The molecule has 3 amide bonds. The van der Waals surface area contributed by atoms with Crippen molar-refractivity contribution in [3.63, 3.8) is 0 Å². The number of H-pyrrole nitrogens is 1. The van der Waals surface area contributed by atoms with E-state index in [-0.39, 0.29) is 30.3 Å². The summed E-state index contributed by atoms with van der Waals surface area (Å²) < 4.78 is 0.896. The Hall–Kier alpha value is -3.24. The van der Waals surface area contributed by atoms with Crippen LogP contribution in [0.1, 0.15) is 31.2 Å². The molecule has 27 heavy (non-hydrogen) atoms. The summed E-state index contributed by atoms with van der Waals surface area (Å²) in [5.41, 5.74) is 8.12. The zero-order valence-electron chi connectivity index (χ0n) is 14.1. The van der Waals surface area contributed by atoms with Gasteiger partial charge in [0.1, 0.15) is 5.69 Å². The van der Waals surface area contributed by atoms with Crippen LogP contribution in [0.2, 0.25) is 0 Å². The van der Waals surface area contributed by atoms with E-state index in [1.165, 1.54) is 23.6 Å². The van der Waals surface area contributed by atoms with Crippen LogP contribution in [0.15, 0.2) is 36.0 Å². The highest BCUT2D eigenvalue weighted by Gasteiger charge is 2.18. The molecule has 0 unspecified atom stereocenters. The van der Waals surface area contributed by atoms with Crippen molar-refractivity contribution in [2.24, 2.45) is 5.73 Å². The summed E-state index contributed by atoms with van der Waals surface area (Å²) in [5.74, 6) is -1.54. The molecular weight excluding hydrogens is 370 g/mol. The molecule has 0 aliphatic heterocycles. The number of hydrogen-bond acceptors (Lipinski definition) is 6. The largest absolute Gasteiger partial charge is 0.394 e. The number of carbonyl (C=O) groups excluding carboxylic acids is 3. The number of aromatic nitrogens is 2. The Labute approximate surface area is 157 Å². The third-order valence-electron chi connectivity index (χ3n) is 3.88. The summed E-state index contributed by atoms with van der Waals surface area (Å²) >= 11 is 1.43. The summed E-state index contributed by atoms with van der Waals surface area (Å²) in [6.45, 7) is -0.352. The van der Waals surface area contributed by atoms with Crippen molar-refractivity contribution in [1.82, 2.24) is 20.6 Å². The van der Waals surface area contributed by atoms with E-state index in [0.29, 0.717) is 11.1 Å². The highest BCUT2D eigenvalue weighted by Crippen LogP contribution is 2.20. The number of nitrogens with one attached hydrogen (secondary N) is 3. The lowest BCUT2D eigenvalue weighted by Gasteiger charge is -2.16. The number of fused-ring (bicyclic) bond motifs is 1. The topological polar surface area (TPSA) is 150 Å². The van der Waals surface area contributed by atoms with Crippen molar-refractivity contribution in [2.75, 3.05) is 13.2 Å². The van der Waals surface area contributed by atoms with E-state index < -0.39 is 17.9 Å². The lowest BCUT2D eigenvalue weighted by Crippen LogP contribution is -2.45. The molecule has 0 radical (unpaired) electrons. The van der Waals surface area contributed by atoms with Gasteiger partial charge in [0.15, 0.2) is 0 Å². The molecule has 3 aromatic rings. The highest BCUT2D eigenvalue weighted by atomic mass is 32.1. The third-order valence-corrected chi connectivity index (χ3v) is 4.67. The number of rotatable bonds is 7. The molecule has 0 bridgehead atoms. The molecule has 0 aliphatic rings. The van der Waals surface area contributed by atoms with Gasteiger partial charge >= 0.3 is 0 Å². The van der Waals surface area contributed by atoms with Gasteiger partial charge in [0.2, 0.25) is 0 Å². The van der Waals surface area contributed by atoms with Crippen LogP contribution < -0.4 is 16.4 Å². The standard InChI is InChI=1S/C17H17N5O4S/c18-15(24)12-4-9(5-19-12)16(25)22-10(7-23)6-20-17(26)11-2-1-3-13-14(11)21-8-27-13/h1-5,8,10,19,23H,6-7H2,(H2,18,24)(H,20,26)(H,22,25)/t10-/m1/s1. The van der Waals surface area contributed by atoms with Crippen molar-refractivity contribution in [1.29, 1.82) is 0 Å². The van der Waals surface area contributed by atoms with Gasteiger partial charge in [-0.25, -0.2) is 4.98 Å². The van der Waals surface area contributed by atoms with E-state index in [9.17, 15) is 19.5 Å². The minimum atomic E-state index is -0.706. The molecule has 10 heteroatoms. The summed E-state index contributed by atoms with van der Waals surface area (Å²) in [7, 11) is 0. The minimum absolute atomic E-state index is 0.0225. The quantitative estimate of drug-likeness (QED) is 0.394. The first-order valence-corrected chi connectivity index (χ1v) is 8.88. The molecule has 0 fully saturated rings. The number of aromatic amines is 1. The number of benzene rings is 1. The Kier molecular flexibility index (Phi) is 5.48. The maximum absolute atomic E-state index is 12.4. The number of aliphatic hydroxyl groups excluding tert-OH is 1. The zero-order valence-corrected chi connectivity index (χ0v) is 14.9. The minimum Gasteiger partial charge on any atom is -0.394 e. The second-order valence-corrected chi connectivity index (χ2v) is 6.62. The molecule has 0 aliphatic carbocycles. The van der Waals surface area contributed by atoms with E-state index >= 15 is 0 Å². The maximum atomic E-state index is 12.4. The van der Waals surface area contributed by atoms with Crippen LogP contribution in [-0.4, -0.2) is 52.0 Å². The zero-order chi connectivity index (χ0) is 19.4. The summed E-state index contributed by atoms with van der Waals surface area (Å²) in [6.07, 6.45) is 1.34. The van der Waals surface area contributed by atoms with E-state index in [0.717, 1.165) is 4.70 Å². The average Bonchev–Trinajstić information content (AvgIpc) is 3.33. The first-order chi connectivity index (χ1) is 13.0. The number of nitrogens with zero attached hydrogens (tertiary/aromatic N) is 1. The molecule has 0 saturated heterocycles. The Bertz CT molecular complexity index is 996. The fourth-order valence-electron chi connectivity index (χ4n) is 2.48. The predicted molar refractivity (Wildman–Crippen MR) is 99.6 cm³/mol. The lowest BCUT2D eigenvalue weighted by molar-refractivity contribution is 0.0888. The molecule has 1 atom stereocenters. The SMILES string of the molecule is NC(=O)c1cc(C(=O)N[C@@H](CO)CNC(=O)c2cccc3scnc23)c[nH]1. The van der Waals surface area contributed by atoms with Crippen LogP contribution in [0.5, 0.6) is 0 Å². The van der Waals surface area contributed by atoms with Crippen LogP contribution in [0.4, 0.5) is 0 Å². The molecule has 0 saturated carbocycles. The number of hydrogen-bond donors (Lipinski definition) is 5. The van der Waals surface area contributed by atoms with Crippen molar-refractivity contribution in [3.05, 3.63) is 52.8 Å². The summed E-state index contributed by atoms with van der Waals surface area (Å²) in [4.78, 5) is 42.5. The van der Waals surface area contributed by atoms with Crippen LogP contribution in [0.3, 0.4) is 0 Å². The van der Waals surface area contributed by atoms with Gasteiger partial charge < -0.3 is 26.5 Å². The van der Waals surface area contributed by atoms with E-state index in [1.807, 2.05) is 6.07 Å². The molecule has 0 spiro atoms. The van der Waals surface area contributed by atoms with Crippen molar-refractivity contribution in [3.8, 4) is 0 Å². The smallest absolute Gasteiger partial charge is 0.265 e. The summed E-state index contributed by atoms with van der Waals surface area (Å²) in [6, 6.07) is 5.91. The number of amides is 3. The van der Waals surface area contributed by atoms with E-state index in [1.54, 1.807) is 17.6 Å². The van der Waals surface area contributed by atoms with Gasteiger partial charge in [-0.3, -0.25) is 14.4 Å². The van der Waals surface area contributed by atoms with Gasteiger partial charge in [0.25, 0.3) is 17.7 Å². The molecule has 9 nitrogen and oxygen atoms in total. The van der Waals surface area contributed by atoms with Crippen LogP contribution >= 0.6 is 11.3 Å².